The second-order valence-electron chi connectivity index (χ2n) is 4.37. The number of nitrogens with two attached hydrogens (primary N) is 1. The van der Waals surface area contributed by atoms with Crippen LogP contribution in [0.25, 0.3) is 0 Å². The van der Waals surface area contributed by atoms with Gasteiger partial charge in [-0.15, -0.1) is 0 Å². The van der Waals surface area contributed by atoms with E-state index in [0.717, 1.165) is 18.2 Å². The largest absolute Gasteiger partial charge is 0.398 e. The van der Waals surface area contributed by atoms with E-state index in [1.54, 1.807) is 6.92 Å². The third kappa shape index (κ3) is 3.25. The average molecular weight is 333 g/mol. The van der Waals surface area contributed by atoms with Crippen LogP contribution >= 0.6 is 11.6 Å². The fourth-order valence-corrected chi connectivity index (χ4v) is 3.31. The molecule has 3 N–H and O–H groups in total. The summed E-state index contributed by atoms with van der Waals surface area (Å²) in [5.41, 5.74) is 6.43. The summed E-state index contributed by atoms with van der Waals surface area (Å²) < 4.78 is 52.5. The summed E-state index contributed by atoms with van der Waals surface area (Å²) in [6.45, 7) is 1.68. The van der Waals surface area contributed by atoms with Gasteiger partial charge in [0.2, 0.25) is 0 Å². The van der Waals surface area contributed by atoms with Crippen LogP contribution in [0.1, 0.15) is 5.56 Å². The van der Waals surface area contributed by atoms with Gasteiger partial charge in [0.25, 0.3) is 10.0 Å². The first kappa shape index (κ1) is 15.5. The van der Waals surface area contributed by atoms with Crippen LogP contribution in [0, 0.1) is 18.6 Å². The topological polar surface area (TPSA) is 72.2 Å². The van der Waals surface area contributed by atoms with Crippen molar-refractivity contribution >= 4 is 33.0 Å². The molecule has 0 radical (unpaired) electrons. The molecule has 0 fully saturated rings. The number of nitrogens with one attached hydrogen (secondary N) is 1. The number of halogens is 3. The van der Waals surface area contributed by atoms with Crippen LogP contribution < -0.4 is 10.5 Å². The predicted molar refractivity (Wildman–Crippen MR) is 77.8 cm³/mol. The Morgan fingerprint density at radius 1 is 1.14 bits per heavy atom. The quantitative estimate of drug-likeness (QED) is 0.847. The Labute approximate surface area is 125 Å². The van der Waals surface area contributed by atoms with Gasteiger partial charge in [0.1, 0.15) is 4.90 Å². The van der Waals surface area contributed by atoms with Crippen LogP contribution in [-0.2, 0) is 10.0 Å². The first-order chi connectivity index (χ1) is 9.70. The van der Waals surface area contributed by atoms with Crippen molar-refractivity contribution in [2.45, 2.75) is 11.8 Å². The van der Waals surface area contributed by atoms with Crippen molar-refractivity contribution < 1.29 is 17.2 Å². The monoisotopic (exact) mass is 332 g/mol. The maximum absolute atomic E-state index is 13.1. The molecular weight excluding hydrogens is 322 g/mol. The molecule has 4 nitrogen and oxygen atoms in total. The molecule has 0 aromatic heterocycles. The van der Waals surface area contributed by atoms with Crippen LogP contribution in [0.4, 0.5) is 20.2 Å². The van der Waals surface area contributed by atoms with Crippen molar-refractivity contribution in [1.29, 1.82) is 0 Å². The zero-order valence-corrected chi connectivity index (χ0v) is 12.4. The van der Waals surface area contributed by atoms with E-state index in [1.807, 2.05) is 0 Å². The molecule has 112 valence electrons. The zero-order valence-electron chi connectivity index (χ0n) is 10.8. The third-order valence-electron chi connectivity index (χ3n) is 2.78. The highest BCUT2D eigenvalue weighted by atomic mass is 35.5. The Morgan fingerprint density at radius 3 is 2.43 bits per heavy atom. The second-order valence-corrected chi connectivity index (χ2v) is 6.43. The molecule has 0 aliphatic carbocycles. The number of aryl methyl sites for hydroxylation is 1. The number of rotatable bonds is 3. The fourth-order valence-electron chi connectivity index (χ4n) is 1.64. The molecule has 0 unspecified atom stereocenters. The van der Waals surface area contributed by atoms with Gasteiger partial charge < -0.3 is 5.73 Å². The van der Waals surface area contributed by atoms with E-state index in [-0.39, 0.29) is 21.3 Å². The summed E-state index contributed by atoms with van der Waals surface area (Å²) in [6.07, 6.45) is 0. The van der Waals surface area contributed by atoms with Crippen molar-refractivity contribution in [2.75, 3.05) is 10.5 Å². The molecule has 2 aromatic carbocycles. The van der Waals surface area contributed by atoms with E-state index in [9.17, 15) is 17.2 Å². The van der Waals surface area contributed by atoms with Crippen LogP contribution in [-0.4, -0.2) is 8.42 Å². The summed E-state index contributed by atoms with van der Waals surface area (Å²) in [5, 5.41) is -0.0169. The SMILES string of the molecule is Cc1cc(Cl)c(S(=O)(=O)Nc2ccc(F)c(F)c2)cc1N. The lowest BCUT2D eigenvalue weighted by Crippen LogP contribution is -2.14. The molecule has 0 spiro atoms. The van der Waals surface area contributed by atoms with Crippen molar-refractivity contribution in [3.63, 3.8) is 0 Å². The first-order valence-corrected chi connectivity index (χ1v) is 7.60. The summed E-state index contributed by atoms with van der Waals surface area (Å²) >= 11 is 5.90. The van der Waals surface area contributed by atoms with Crippen molar-refractivity contribution in [3.05, 3.63) is 52.6 Å². The molecule has 0 saturated heterocycles. The first-order valence-electron chi connectivity index (χ1n) is 5.74. The van der Waals surface area contributed by atoms with E-state index in [0.29, 0.717) is 5.56 Å². The fraction of sp³-hybridized carbons (Fsp3) is 0.0769. The Hall–Kier alpha value is -1.86. The molecule has 2 aromatic rings. The van der Waals surface area contributed by atoms with Gasteiger partial charge in [-0.3, -0.25) is 4.72 Å². The third-order valence-corrected chi connectivity index (χ3v) is 4.63. The van der Waals surface area contributed by atoms with Gasteiger partial charge >= 0.3 is 0 Å². The Balaban J connectivity index is 2.43. The molecule has 8 heteroatoms. The van der Waals surface area contributed by atoms with Crippen LogP contribution in [0.3, 0.4) is 0 Å². The number of anilines is 2. The molecule has 0 atom stereocenters. The van der Waals surface area contributed by atoms with Gasteiger partial charge in [0.05, 0.1) is 10.7 Å². The minimum Gasteiger partial charge on any atom is -0.398 e. The summed E-state index contributed by atoms with van der Waals surface area (Å²) in [6, 6.07) is 5.27. The van der Waals surface area contributed by atoms with Crippen LogP contribution in [0.2, 0.25) is 5.02 Å². The lowest BCUT2D eigenvalue weighted by atomic mass is 10.2. The van der Waals surface area contributed by atoms with Gasteiger partial charge in [-0.2, -0.15) is 0 Å². The molecule has 0 aliphatic heterocycles. The van der Waals surface area contributed by atoms with Crippen molar-refractivity contribution in [2.24, 2.45) is 0 Å². The zero-order chi connectivity index (χ0) is 15.8. The summed E-state index contributed by atoms with van der Waals surface area (Å²) in [7, 11) is -4.06. The van der Waals surface area contributed by atoms with Crippen LogP contribution in [0.5, 0.6) is 0 Å². The van der Waals surface area contributed by atoms with Crippen molar-refractivity contribution in [3.8, 4) is 0 Å². The molecule has 0 heterocycles. The van der Waals surface area contributed by atoms with Crippen LogP contribution in [0.15, 0.2) is 35.2 Å². The van der Waals surface area contributed by atoms with Gasteiger partial charge in [0, 0.05) is 11.8 Å². The molecule has 0 amide bonds. The highest BCUT2D eigenvalue weighted by molar-refractivity contribution is 7.92. The molecule has 0 bridgehead atoms. The minimum atomic E-state index is -4.06. The maximum atomic E-state index is 13.1. The van der Waals surface area contributed by atoms with E-state index >= 15 is 0 Å². The van der Waals surface area contributed by atoms with E-state index in [4.69, 9.17) is 17.3 Å². The minimum absolute atomic E-state index is 0.0169. The molecule has 0 aliphatic rings. The van der Waals surface area contributed by atoms with Gasteiger partial charge in [0.15, 0.2) is 11.6 Å². The number of sulfonamides is 1. The maximum Gasteiger partial charge on any atom is 0.263 e. The number of hydrogen-bond acceptors (Lipinski definition) is 3. The predicted octanol–water partition coefficient (Wildman–Crippen LogP) is 3.31. The Kier molecular flexibility index (Phi) is 4.06. The molecule has 2 rings (SSSR count). The lowest BCUT2D eigenvalue weighted by molar-refractivity contribution is 0.509. The van der Waals surface area contributed by atoms with E-state index in [1.165, 1.54) is 12.1 Å². The Morgan fingerprint density at radius 2 is 1.81 bits per heavy atom. The van der Waals surface area contributed by atoms with Gasteiger partial charge in [-0.1, -0.05) is 11.6 Å². The van der Waals surface area contributed by atoms with E-state index in [2.05, 4.69) is 4.72 Å². The van der Waals surface area contributed by atoms with Gasteiger partial charge in [-0.25, -0.2) is 17.2 Å². The highest BCUT2D eigenvalue weighted by Gasteiger charge is 2.20. The number of hydrogen-bond donors (Lipinski definition) is 2. The highest BCUT2D eigenvalue weighted by Crippen LogP contribution is 2.28. The molecule has 21 heavy (non-hydrogen) atoms. The van der Waals surface area contributed by atoms with E-state index < -0.39 is 21.7 Å². The normalized spacial score (nSPS) is 11.4. The standard InChI is InChI=1S/C13H11ClF2N2O2S/c1-7-4-9(14)13(6-12(7)17)21(19,20)18-8-2-3-10(15)11(16)5-8/h2-6,18H,17H2,1H3. The van der Waals surface area contributed by atoms with Gasteiger partial charge in [-0.05, 0) is 36.8 Å². The molecular formula is C13H11ClF2N2O2S. The number of benzene rings is 2. The number of nitrogen functional groups attached to an aromatic ring is 1. The van der Waals surface area contributed by atoms with Crippen molar-refractivity contribution in [1.82, 2.24) is 0 Å². The average Bonchev–Trinajstić information content (AvgIpc) is 2.37. The molecule has 0 saturated carbocycles. The summed E-state index contributed by atoms with van der Waals surface area (Å²) in [4.78, 5) is -0.239. The smallest absolute Gasteiger partial charge is 0.263 e. The summed E-state index contributed by atoms with van der Waals surface area (Å²) in [5.74, 6) is -2.24. The Bertz CT molecular complexity index is 810. The second kappa shape index (κ2) is 5.50. The lowest BCUT2D eigenvalue weighted by Gasteiger charge is -2.11.